The fourth-order valence-electron chi connectivity index (χ4n) is 3.72. The summed E-state index contributed by atoms with van der Waals surface area (Å²) in [5.74, 6) is -0.333. The topological polar surface area (TPSA) is 51.1 Å². The Morgan fingerprint density at radius 2 is 1.89 bits per heavy atom. The number of aryl methyl sites for hydroxylation is 1. The Bertz CT molecular complexity index is 897. The van der Waals surface area contributed by atoms with Gasteiger partial charge in [-0.3, -0.25) is 9.59 Å². The molecule has 1 aromatic heterocycles. The van der Waals surface area contributed by atoms with E-state index in [4.69, 9.17) is 0 Å². The summed E-state index contributed by atoms with van der Waals surface area (Å²) >= 11 is 0. The van der Waals surface area contributed by atoms with E-state index < -0.39 is 17.2 Å². The van der Waals surface area contributed by atoms with Crippen molar-refractivity contribution in [3.63, 3.8) is 0 Å². The third kappa shape index (κ3) is 3.77. The van der Waals surface area contributed by atoms with E-state index in [9.17, 15) is 22.8 Å². The summed E-state index contributed by atoms with van der Waals surface area (Å²) in [6.07, 6.45) is -0.366. The van der Waals surface area contributed by atoms with Crippen LogP contribution in [0.15, 0.2) is 47.4 Å². The van der Waals surface area contributed by atoms with E-state index in [2.05, 4.69) is 5.32 Å². The van der Waals surface area contributed by atoms with Crippen molar-refractivity contribution in [1.82, 2.24) is 4.57 Å². The van der Waals surface area contributed by atoms with Crippen LogP contribution >= 0.6 is 0 Å². The monoisotopic (exact) mass is 378 g/mol. The van der Waals surface area contributed by atoms with Gasteiger partial charge in [0.25, 0.3) is 5.56 Å². The smallest absolute Gasteiger partial charge is 0.324 e. The second kappa shape index (κ2) is 7.21. The van der Waals surface area contributed by atoms with Crippen molar-refractivity contribution in [2.24, 2.45) is 0 Å². The molecule has 1 aliphatic rings. The molecule has 3 rings (SSSR count). The first-order valence-electron chi connectivity index (χ1n) is 8.96. The minimum Gasteiger partial charge on any atom is -0.324 e. The summed E-state index contributed by atoms with van der Waals surface area (Å²) in [6.45, 7) is 2.27. The number of halogens is 3. The number of hydrogen-bond donors (Lipinski definition) is 1. The van der Waals surface area contributed by atoms with E-state index in [0.29, 0.717) is 30.6 Å². The molecule has 144 valence electrons. The lowest BCUT2D eigenvalue weighted by Gasteiger charge is -2.29. The maximum atomic E-state index is 13.1. The van der Waals surface area contributed by atoms with Crippen LogP contribution in [0.25, 0.3) is 0 Å². The van der Waals surface area contributed by atoms with Gasteiger partial charge in [0.15, 0.2) is 0 Å². The Morgan fingerprint density at radius 3 is 2.52 bits per heavy atom. The lowest BCUT2D eigenvalue weighted by molar-refractivity contribution is -0.137. The van der Waals surface area contributed by atoms with Gasteiger partial charge in [-0.05, 0) is 37.5 Å². The molecule has 1 heterocycles. The van der Waals surface area contributed by atoms with Crippen LogP contribution < -0.4 is 10.9 Å². The number of carbonyl (C=O) groups excluding carboxylic acids is 1. The number of benzene rings is 1. The minimum atomic E-state index is -4.46. The molecule has 0 spiro atoms. The van der Waals surface area contributed by atoms with Crippen LogP contribution in [0.5, 0.6) is 0 Å². The standard InChI is InChI=1S/C20H21F3N2O2/c1-2-25-13-16(8-9-17(25)26)24-18(27)19(10-3-4-11-19)14-6-5-7-15(12-14)20(21,22)23/h5-9,12-13H,2-4,10-11H2,1H3,(H,24,27). The molecule has 1 amide bonds. The highest BCUT2D eigenvalue weighted by Gasteiger charge is 2.44. The largest absolute Gasteiger partial charge is 0.416 e. The van der Waals surface area contributed by atoms with E-state index in [1.807, 2.05) is 6.92 Å². The van der Waals surface area contributed by atoms with Crippen molar-refractivity contribution in [3.8, 4) is 0 Å². The van der Waals surface area contributed by atoms with Gasteiger partial charge >= 0.3 is 6.18 Å². The molecule has 1 aromatic carbocycles. The number of aromatic nitrogens is 1. The van der Waals surface area contributed by atoms with Crippen molar-refractivity contribution >= 4 is 11.6 Å². The molecule has 0 unspecified atom stereocenters. The average molecular weight is 378 g/mol. The number of amides is 1. The molecule has 7 heteroatoms. The highest BCUT2D eigenvalue weighted by atomic mass is 19.4. The molecule has 0 radical (unpaired) electrons. The maximum absolute atomic E-state index is 13.1. The minimum absolute atomic E-state index is 0.177. The van der Waals surface area contributed by atoms with Crippen molar-refractivity contribution in [3.05, 3.63) is 64.1 Å². The SMILES string of the molecule is CCn1cc(NC(=O)C2(c3cccc(C(F)(F)F)c3)CCCC2)ccc1=O. The van der Waals surface area contributed by atoms with Gasteiger partial charge in [-0.1, -0.05) is 31.0 Å². The fraction of sp³-hybridized carbons (Fsp3) is 0.400. The molecule has 0 atom stereocenters. The third-order valence-corrected chi connectivity index (χ3v) is 5.22. The highest BCUT2D eigenvalue weighted by molar-refractivity contribution is 5.99. The average Bonchev–Trinajstić information content (AvgIpc) is 3.14. The molecular weight excluding hydrogens is 357 g/mol. The van der Waals surface area contributed by atoms with Gasteiger partial charge in [-0.25, -0.2) is 0 Å². The van der Waals surface area contributed by atoms with Crippen molar-refractivity contribution in [2.75, 3.05) is 5.32 Å². The Labute approximate surface area is 155 Å². The van der Waals surface area contributed by atoms with Crippen LogP contribution in [-0.2, 0) is 22.9 Å². The first-order chi connectivity index (χ1) is 12.8. The molecule has 1 saturated carbocycles. The van der Waals surface area contributed by atoms with E-state index in [-0.39, 0.29) is 11.5 Å². The number of pyridine rings is 1. The molecular formula is C20H21F3N2O2. The lowest BCUT2D eigenvalue weighted by Crippen LogP contribution is -2.38. The van der Waals surface area contributed by atoms with Crippen LogP contribution in [-0.4, -0.2) is 10.5 Å². The Kier molecular flexibility index (Phi) is 5.13. The van der Waals surface area contributed by atoms with Gasteiger partial charge in [0.05, 0.1) is 16.7 Å². The summed E-state index contributed by atoms with van der Waals surface area (Å²) in [7, 11) is 0. The number of nitrogens with zero attached hydrogens (tertiary/aromatic N) is 1. The quantitative estimate of drug-likeness (QED) is 0.861. The summed E-state index contributed by atoms with van der Waals surface area (Å²) in [5, 5.41) is 2.80. The van der Waals surface area contributed by atoms with Crippen molar-refractivity contribution in [1.29, 1.82) is 0 Å². The Morgan fingerprint density at radius 1 is 1.19 bits per heavy atom. The van der Waals surface area contributed by atoms with Gasteiger partial charge in [0.2, 0.25) is 5.91 Å². The van der Waals surface area contributed by atoms with E-state index in [0.717, 1.165) is 25.0 Å². The summed E-state index contributed by atoms with van der Waals surface area (Å²) < 4.78 is 40.8. The first kappa shape index (κ1) is 19.2. The molecule has 0 bridgehead atoms. The molecule has 0 aliphatic heterocycles. The van der Waals surface area contributed by atoms with Crippen molar-refractivity contribution in [2.45, 2.75) is 50.7 Å². The van der Waals surface area contributed by atoms with Crippen LogP contribution in [0.2, 0.25) is 0 Å². The molecule has 0 saturated heterocycles. The predicted octanol–water partition coefficient (Wildman–Crippen LogP) is 4.34. The van der Waals surface area contributed by atoms with E-state index in [1.165, 1.54) is 22.8 Å². The van der Waals surface area contributed by atoms with Crippen LogP contribution in [0.3, 0.4) is 0 Å². The van der Waals surface area contributed by atoms with Gasteiger partial charge in [0.1, 0.15) is 0 Å². The van der Waals surface area contributed by atoms with E-state index >= 15 is 0 Å². The molecule has 1 aliphatic carbocycles. The summed E-state index contributed by atoms with van der Waals surface area (Å²) in [4.78, 5) is 24.8. The summed E-state index contributed by atoms with van der Waals surface area (Å²) in [6, 6.07) is 7.92. The number of alkyl halides is 3. The number of rotatable bonds is 4. The zero-order chi connectivity index (χ0) is 19.7. The summed E-state index contributed by atoms with van der Waals surface area (Å²) in [5.41, 5.74) is -1.08. The number of carbonyl (C=O) groups is 1. The molecule has 27 heavy (non-hydrogen) atoms. The van der Waals surface area contributed by atoms with Gasteiger partial charge < -0.3 is 9.88 Å². The van der Waals surface area contributed by atoms with Crippen LogP contribution in [0.1, 0.15) is 43.7 Å². The van der Waals surface area contributed by atoms with E-state index in [1.54, 1.807) is 12.3 Å². The fourth-order valence-corrected chi connectivity index (χ4v) is 3.72. The predicted molar refractivity (Wildman–Crippen MR) is 96.6 cm³/mol. The van der Waals surface area contributed by atoms with Crippen molar-refractivity contribution < 1.29 is 18.0 Å². The second-order valence-corrected chi connectivity index (χ2v) is 6.86. The molecule has 1 fully saturated rings. The lowest BCUT2D eigenvalue weighted by atomic mass is 9.77. The van der Waals surface area contributed by atoms with Gasteiger partial charge in [-0.2, -0.15) is 13.2 Å². The van der Waals surface area contributed by atoms with Crippen LogP contribution in [0.4, 0.5) is 18.9 Å². The molecule has 1 N–H and O–H groups in total. The Hall–Kier alpha value is -2.57. The zero-order valence-electron chi connectivity index (χ0n) is 15.0. The van der Waals surface area contributed by atoms with Crippen LogP contribution in [0, 0.1) is 0 Å². The normalized spacial score (nSPS) is 16.3. The first-order valence-corrected chi connectivity index (χ1v) is 8.96. The molecule has 4 nitrogen and oxygen atoms in total. The Balaban J connectivity index is 1.95. The number of hydrogen-bond acceptors (Lipinski definition) is 2. The van der Waals surface area contributed by atoms with Gasteiger partial charge in [0, 0.05) is 18.8 Å². The van der Waals surface area contributed by atoms with Gasteiger partial charge in [-0.15, -0.1) is 0 Å². The highest BCUT2D eigenvalue weighted by Crippen LogP contribution is 2.43. The molecule has 2 aromatic rings. The maximum Gasteiger partial charge on any atom is 0.416 e. The number of nitrogens with one attached hydrogen (secondary N) is 1. The number of anilines is 1. The second-order valence-electron chi connectivity index (χ2n) is 6.86. The third-order valence-electron chi connectivity index (χ3n) is 5.22. The zero-order valence-corrected chi connectivity index (χ0v) is 15.0.